The van der Waals surface area contributed by atoms with E-state index in [4.69, 9.17) is 16.3 Å². The van der Waals surface area contributed by atoms with Crippen LogP contribution in [0.25, 0.3) is 5.69 Å². The summed E-state index contributed by atoms with van der Waals surface area (Å²) in [4.78, 5) is 21.7. The Hall–Kier alpha value is -3.48. The van der Waals surface area contributed by atoms with Crippen molar-refractivity contribution in [2.75, 3.05) is 6.54 Å². The third kappa shape index (κ3) is 6.64. The van der Waals surface area contributed by atoms with Gasteiger partial charge in [0.05, 0.1) is 9.40 Å². The van der Waals surface area contributed by atoms with Crippen molar-refractivity contribution >= 4 is 45.0 Å². The van der Waals surface area contributed by atoms with Crippen molar-refractivity contribution in [1.29, 1.82) is 0 Å². The minimum atomic E-state index is -0.563. The summed E-state index contributed by atoms with van der Waals surface area (Å²) in [6, 6.07) is 18.6. The van der Waals surface area contributed by atoms with E-state index in [1.807, 2.05) is 16.7 Å². The van der Waals surface area contributed by atoms with Gasteiger partial charge in [0.2, 0.25) is 6.54 Å². The van der Waals surface area contributed by atoms with Crippen LogP contribution in [-0.4, -0.2) is 31.2 Å². The lowest BCUT2D eigenvalue weighted by Gasteiger charge is -2.16. The highest BCUT2D eigenvalue weighted by atomic mass is 79.9. The SMILES string of the molecule is Cc1nnc(S[C@@H](C[N+](=O)[O-])c2ccc(OCc3cccc([N+](=O)[O-])c3)c(Br)c2)n1-c1ccc(Cl)cc1. The van der Waals surface area contributed by atoms with E-state index < -0.39 is 10.2 Å². The Kier molecular flexibility index (Phi) is 8.41. The van der Waals surface area contributed by atoms with Crippen LogP contribution < -0.4 is 4.74 Å². The zero-order chi connectivity index (χ0) is 26.5. The molecule has 37 heavy (non-hydrogen) atoms. The zero-order valence-corrected chi connectivity index (χ0v) is 22.4. The van der Waals surface area contributed by atoms with Crippen molar-refractivity contribution in [2.45, 2.75) is 23.9 Å². The van der Waals surface area contributed by atoms with Gasteiger partial charge in [0.1, 0.15) is 23.4 Å². The van der Waals surface area contributed by atoms with Crippen molar-refractivity contribution in [2.24, 2.45) is 0 Å². The fraction of sp³-hybridized carbons (Fsp3) is 0.167. The molecule has 1 aromatic heterocycles. The number of hydrogen-bond donors (Lipinski definition) is 0. The first-order valence-electron chi connectivity index (χ1n) is 10.8. The highest BCUT2D eigenvalue weighted by Crippen LogP contribution is 2.39. The second-order valence-corrected chi connectivity index (χ2v) is 10.3. The number of ether oxygens (including phenoxy) is 1. The van der Waals surface area contributed by atoms with Crippen LogP contribution in [0.5, 0.6) is 5.75 Å². The summed E-state index contributed by atoms with van der Waals surface area (Å²) >= 11 is 10.7. The first-order chi connectivity index (χ1) is 17.7. The van der Waals surface area contributed by atoms with Crippen LogP contribution in [-0.2, 0) is 6.61 Å². The predicted molar refractivity (Wildman–Crippen MR) is 143 cm³/mol. The van der Waals surface area contributed by atoms with Crippen LogP contribution >= 0.6 is 39.3 Å². The average molecular weight is 605 g/mol. The van der Waals surface area contributed by atoms with Crippen LogP contribution in [0.3, 0.4) is 0 Å². The summed E-state index contributed by atoms with van der Waals surface area (Å²) in [5.41, 5.74) is 2.11. The van der Waals surface area contributed by atoms with Gasteiger partial charge in [-0.3, -0.25) is 24.8 Å². The monoisotopic (exact) mass is 603 g/mol. The Balaban J connectivity index is 1.56. The summed E-state index contributed by atoms with van der Waals surface area (Å²) in [6.07, 6.45) is 0. The van der Waals surface area contributed by atoms with Gasteiger partial charge in [-0.15, -0.1) is 10.2 Å². The van der Waals surface area contributed by atoms with Crippen LogP contribution in [0.15, 0.2) is 76.4 Å². The molecule has 3 aromatic carbocycles. The maximum absolute atomic E-state index is 11.5. The molecule has 0 spiro atoms. The highest BCUT2D eigenvalue weighted by Gasteiger charge is 2.24. The molecule has 0 bridgehead atoms. The molecule has 1 atom stereocenters. The van der Waals surface area contributed by atoms with Crippen molar-refractivity contribution in [3.63, 3.8) is 0 Å². The van der Waals surface area contributed by atoms with Crippen LogP contribution in [0.1, 0.15) is 22.2 Å². The van der Waals surface area contributed by atoms with Crippen molar-refractivity contribution in [3.8, 4) is 11.4 Å². The Morgan fingerprint density at radius 2 is 1.84 bits per heavy atom. The number of aryl methyl sites for hydroxylation is 1. The van der Waals surface area contributed by atoms with Crippen molar-refractivity contribution in [3.05, 3.63) is 113 Å². The van der Waals surface area contributed by atoms with E-state index in [-0.39, 0.29) is 23.8 Å². The van der Waals surface area contributed by atoms with E-state index in [2.05, 4.69) is 26.1 Å². The number of non-ortho nitro benzene ring substituents is 1. The number of nitro benzene ring substituents is 1. The van der Waals surface area contributed by atoms with Gasteiger partial charge < -0.3 is 4.74 Å². The topological polar surface area (TPSA) is 126 Å². The number of halogens is 2. The Morgan fingerprint density at radius 1 is 1.08 bits per heavy atom. The lowest BCUT2D eigenvalue weighted by atomic mass is 10.1. The molecule has 0 unspecified atom stereocenters. The van der Waals surface area contributed by atoms with Crippen LogP contribution in [0, 0.1) is 27.2 Å². The van der Waals surface area contributed by atoms with Crippen LogP contribution in [0.4, 0.5) is 5.69 Å². The Morgan fingerprint density at radius 3 is 2.51 bits per heavy atom. The highest BCUT2D eigenvalue weighted by molar-refractivity contribution is 9.10. The lowest BCUT2D eigenvalue weighted by molar-refractivity contribution is -0.479. The Bertz CT molecular complexity index is 1450. The number of nitrogens with zero attached hydrogens (tertiary/aromatic N) is 5. The minimum Gasteiger partial charge on any atom is -0.488 e. The van der Waals surface area contributed by atoms with Gasteiger partial charge in [-0.1, -0.05) is 41.6 Å². The van der Waals surface area contributed by atoms with E-state index in [0.29, 0.717) is 37.4 Å². The lowest BCUT2D eigenvalue weighted by Crippen LogP contribution is -2.11. The average Bonchev–Trinajstić information content (AvgIpc) is 3.23. The third-order valence-electron chi connectivity index (χ3n) is 5.29. The molecule has 0 amide bonds. The fourth-order valence-electron chi connectivity index (χ4n) is 3.54. The molecule has 1 heterocycles. The van der Waals surface area contributed by atoms with Gasteiger partial charge >= 0.3 is 0 Å². The van der Waals surface area contributed by atoms with Gasteiger partial charge in [-0.2, -0.15) is 0 Å². The summed E-state index contributed by atoms with van der Waals surface area (Å²) < 4.78 is 8.25. The molecule has 10 nitrogen and oxygen atoms in total. The van der Waals surface area contributed by atoms with Gasteiger partial charge in [-0.25, -0.2) is 0 Å². The number of thioether (sulfide) groups is 1. The predicted octanol–water partition coefficient (Wildman–Crippen LogP) is 6.59. The second-order valence-electron chi connectivity index (χ2n) is 7.87. The number of rotatable bonds is 10. The van der Waals surface area contributed by atoms with E-state index in [1.165, 1.54) is 23.9 Å². The summed E-state index contributed by atoms with van der Waals surface area (Å²) in [5, 5.41) is 31.4. The maximum Gasteiger partial charge on any atom is 0.269 e. The largest absolute Gasteiger partial charge is 0.488 e. The molecule has 0 aliphatic rings. The minimum absolute atomic E-state index is 0.0168. The molecule has 0 saturated heterocycles. The third-order valence-corrected chi connectivity index (χ3v) is 7.34. The smallest absolute Gasteiger partial charge is 0.269 e. The maximum atomic E-state index is 11.5. The first-order valence-corrected chi connectivity index (χ1v) is 12.9. The molecule has 0 saturated carbocycles. The molecule has 4 rings (SSSR count). The molecule has 0 N–H and O–H groups in total. The molecule has 0 radical (unpaired) electrons. The molecule has 190 valence electrons. The van der Waals surface area contributed by atoms with Gasteiger partial charge in [0, 0.05) is 27.8 Å². The number of aromatic nitrogens is 3. The molecule has 0 aliphatic heterocycles. The normalized spacial score (nSPS) is 11.8. The number of nitro groups is 2. The second kappa shape index (κ2) is 11.7. The Labute approximate surface area is 229 Å². The first kappa shape index (κ1) is 26.6. The molecule has 0 aliphatic carbocycles. The van der Waals surface area contributed by atoms with Gasteiger partial charge in [-0.05, 0) is 70.4 Å². The van der Waals surface area contributed by atoms with Gasteiger partial charge in [0.25, 0.3) is 5.69 Å². The van der Waals surface area contributed by atoms with E-state index >= 15 is 0 Å². The zero-order valence-electron chi connectivity index (χ0n) is 19.3. The molecular formula is C24H19BrClN5O5S. The number of benzene rings is 3. The summed E-state index contributed by atoms with van der Waals surface area (Å²) in [6.45, 7) is 1.59. The standard InChI is InChI=1S/C24H19BrClN5O5S/c1-15-27-28-24(30(15)19-8-6-18(26)7-9-19)37-23(13-29(32)33)17-5-10-22(21(25)12-17)36-14-16-3-2-4-20(11-16)31(34)35/h2-12,23H,13-14H2,1H3/t23-/m0/s1. The molecule has 4 aromatic rings. The van der Waals surface area contributed by atoms with Crippen LogP contribution in [0.2, 0.25) is 5.02 Å². The van der Waals surface area contributed by atoms with Crippen molar-refractivity contribution < 1.29 is 14.6 Å². The van der Waals surface area contributed by atoms with E-state index in [1.54, 1.807) is 49.4 Å². The van der Waals surface area contributed by atoms with E-state index in [9.17, 15) is 20.2 Å². The quantitative estimate of drug-likeness (QED) is 0.113. The molecule has 13 heteroatoms. The summed E-state index contributed by atoms with van der Waals surface area (Å²) in [5.74, 6) is 1.14. The number of hydrogen-bond acceptors (Lipinski definition) is 8. The molecular weight excluding hydrogens is 586 g/mol. The fourth-order valence-corrected chi connectivity index (χ4v) is 5.34. The summed E-state index contributed by atoms with van der Waals surface area (Å²) in [7, 11) is 0. The van der Waals surface area contributed by atoms with Gasteiger partial charge in [0.15, 0.2) is 5.16 Å². The van der Waals surface area contributed by atoms with E-state index in [0.717, 1.165) is 5.69 Å². The molecule has 0 fully saturated rings. The van der Waals surface area contributed by atoms with Crippen molar-refractivity contribution in [1.82, 2.24) is 14.8 Å².